The molecule has 11 nitrogen and oxygen atoms in total. The Kier molecular flexibility index (Phi) is 14.6. The van der Waals surface area contributed by atoms with Crippen LogP contribution in [-0.2, 0) is 35.3 Å². The highest BCUT2D eigenvalue weighted by molar-refractivity contribution is 6.28. The van der Waals surface area contributed by atoms with E-state index in [1.807, 2.05) is 58.5 Å². The minimum atomic E-state index is -0.368. The predicted octanol–water partition coefficient (Wildman–Crippen LogP) is 7.88. The molecule has 0 unspecified atom stereocenters. The summed E-state index contributed by atoms with van der Waals surface area (Å²) in [7, 11) is 3.78. The third-order valence-corrected chi connectivity index (χ3v) is 9.65. The van der Waals surface area contributed by atoms with Crippen LogP contribution in [0.25, 0.3) is 11.5 Å². The van der Waals surface area contributed by atoms with E-state index in [4.69, 9.17) is 11.6 Å². The molecule has 0 fully saturated rings. The number of amides is 1. The second-order valence-corrected chi connectivity index (χ2v) is 17.1. The first kappa shape index (κ1) is 44.1. The summed E-state index contributed by atoms with van der Waals surface area (Å²) in [6.07, 6.45) is 9.08. The molecule has 2 aliphatic carbocycles. The topological polar surface area (TPSA) is 130 Å². The van der Waals surface area contributed by atoms with Gasteiger partial charge in [-0.15, -0.1) is 0 Å². The lowest BCUT2D eigenvalue weighted by Crippen LogP contribution is -2.50. The summed E-state index contributed by atoms with van der Waals surface area (Å²) in [5.41, 5.74) is 5.01. The van der Waals surface area contributed by atoms with Gasteiger partial charge in [0.2, 0.25) is 11.2 Å². The van der Waals surface area contributed by atoms with Crippen LogP contribution in [0.1, 0.15) is 103 Å². The van der Waals surface area contributed by atoms with Crippen molar-refractivity contribution in [3.05, 3.63) is 81.8 Å². The fraction of sp³-hybridized carbons (Fsp3) is 0.524. The standard InChI is InChI=1S/C21H27FN4O.C15H23ClN4O.C6H6FN/c1-13(18(27)12-21(2,3)4)26(5)20-15-7-6-8-16(15)24-19(25-20)17-11-14(22)9-10-23-17;1-9(13(21)19-15(2,3)4)20(5)12-10-7-6-8-11(10)17-14(16)18-12;1-5-4-6(7)2-3-8-5/h9-11,13H,6-8,12H2,1-5H3;9H,6-8H2,1-5H3,(H,19,21);2-4H,1H3/t13-;9-;/m11./s1. The third-order valence-electron chi connectivity index (χ3n) is 9.48. The van der Waals surface area contributed by atoms with Crippen molar-refractivity contribution in [1.29, 1.82) is 0 Å². The van der Waals surface area contributed by atoms with Crippen LogP contribution in [0.15, 0.2) is 36.7 Å². The van der Waals surface area contributed by atoms with Gasteiger partial charge in [-0.25, -0.2) is 28.7 Å². The predicted molar refractivity (Wildman–Crippen MR) is 218 cm³/mol. The van der Waals surface area contributed by atoms with Gasteiger partial charge >= 0.3 is 0 Å². The summed E-state index contributed by atoms with van der Waals surface area (Å²) < 4.78 is 25.8. The van der Waals surface area contributed by atoms with Crippen LogP contribution >= 0.6 is 11.6 Å². The van der Waals surface area contributed by atoms with E-state index in [9.17, 15) is 18.4 Å². The highest BCUT2D eigenvalue weighted by Crippen LogP contribution is 2.33. The highest BCUT2D eigenvalue weighted by atomic mass is 35.5. The monoisotopic (exact) mass is 791 g/mol. The molecule has 0 radical (unpaired) electrons. The average Bonchev–Trinajstić information content (AvgIpc) is 3.78. The maximum Gasteiger partial charge on any atom is 0.242 e. The number of halogens is 3. The van der Waals surface area contributed by atoms with Gasteiger partial charge in [-0.05, 0) is 115 Å². The van der Waals surface area contributed by atoms with Gasteiger partial charge in [-0.1, -0.05) is 20.8 Å². The lowest BCUT2D eigenvalue weighted by Gasteiger charge is -2.30. The van der Waals surface area contributed by atoms with Crippen LogP contribution in [0.4, 0.5) is 20.4 Å². The molecule has 0 saturated carbocycles. The molecule has 6 rings (SSSR count). The number of Topliss-reactive ketones (excluding diaryl/α,β-unsaturated/α-hetero) is 1. The molecule has 1 amide bonds. The lowest BCUT2D eigenvalue weighted by atomic mass is 9.88. The van der Waals surface area contributed by atoms with E-state index in [-0.39, 0.29) is 51.6 Å². The van der Waals surface area contributed by atoms with E-state index in [0.717, 1.165) is 72.7 Å². The molecular formula is C42H56ClF2N9O2. The number of ketones is 1. The Balaban J connectivity index is 0.000000212. The van der Waals surface area contributed by atoms with Gasteiger partial charge in [0.25, 0.3) is 0 Å². The van der Waals surface area contributed by atoms with E-state index in [2.05, 4.69) is 56.0 Å². The number of carbonyl (C=O) groups is 2. The quantitative estimate of drug-likeness (QED) is 0.176. The Hall–Kier alpha value is -4.65. The second kappa shape index (κ2) is 18.5. The summed E-state index contributed by atoms with van der Waals surface area (Å²) in [5, 5.41) is 3.25. The van der Waals surface area contributed by atoms with Crippen molar-refractivity contribution < 1.29 is 18.4 Å². The van der Waals surface area contributed by atoms with Crippen molar-refractivity contribution in [2.24, 2.45) is 5.41 Å². The number of nitrogens with one attached hydrogen (secondary N) is 1. The Labute approximate surface area is 335 Å². The fourth-order valence-corrected chi connectivity index (χ4v) is 6.62. The first-order valence-corrected chi connectivity index (χ1v) is 19.5. The second-order valence-electron chi connectivity index (χ2n) is 16.7. The maximum absolute atomic E-state index is 13.6. The number of hydrogen-bond donors (Lipinski definition) is 1. The molecule has 0 aliphatic heterocycles. The Morgan fingerprint density at radius 2 is 1.32 bits per heavy atom. The Morgan fingerprint density at radius 3 is 1.84 bits per heavy atom. The number of likely N-dealkylation sites (N-methyl/N-ethyl adjacent to an activating group) is 2. The third kappa shape index (κ3) is 12.2. The van der Waals surface area contributed by atoms with Crippen molar-refractivity contribution in [3.63, 3.8) is 0 Å². The van der Waals surface area contributed by atoms with Gasteiger partial charge in [-0.3, -0.25) is 19.6 Å². The zero-order chi connectivity index (χ0) is 41.5. The first-order chi connectivity index (χ1) is 26.1. The minimum absolute atomic E-state index is 0.0218. The van der Waals surface area contributed by atoms with Crippen LogP contribution < -0.4 is 15.1 Å². The molecule has 0 aromatic carbocycles. The molecule has 4 heterocycles. The van der Waals surface area contributed by atoms with Gasteiger partial charge in [0.15, 0.2) is 11.6 Å². The van der Waals surface area contributed by atoms with Crippen LogP contribution in [0.2, 0.25) is 5.28 Å². The SMILES string of the molecule is C[C@H](C(=O)CC(C)(C)C)N(C)c1nc(-c2cc(F)ccn2)nc2c1CCC2.C[C@H](C(=O)NC(C)(C)C)N(C)c1nc(Cl)nc2c1CCC2.Cc1cc(F)ccn1. The molecule has 302 valence electrons. The number of nitrogens with zero attached hydrogens (tertiary/aromatic N) is 8. The number of pyridine rings is 2. The molecule has 56 heavy (non-hydrogen) atoms. The maximum atomic E-state index is 13.6. The largest absolute Gasteiger partial charge is 0.350 e. The molecule has 1 N–H and O–H groups in total. The van der Waals surface area contributed by atoms with Crippen molar-refractivity contribution in [3.8, 4) is 11.5 Å². The number of anilines is 2. The molecule has 4 aromatic rings. The number of hydrogen-bond acceptors (Lipinski definition) is 10. The average molecular weight is 792 g/mol. The number of aryl methyl sites for hydroxylation is 3. The van der Waals surface area contributed by atoms with Crippen LogP contribution in [0.5, 0.6) is 0 Å². The van der Waals surface area contributed by atoms with Crippen molar-refractivity contribution in [2.45, 2.75) is 125 Å². The Bertz CT molecular complexity index is 2000. The number of fused-ring (bicyclic) bond motifs is 2. The number of carbonyl (C=O) groups excluding carboxylic acids is 2. The summed E-state index contributed by atoms with van der Waals surface area (Å²) >= 11 is 6.01. The Morgan fingerprint density at radius 1 is 0.786 bits per heavy atom. The van der Waals surface area contributed by atoms with Gasteiger partial charge in [-0.2, -0.15) is 0 Å². The fourth-order valence-electron chi connectivity index (χ4n) is 6.44. The van der Waals surface area contributed by atoms with Crippen LogP contribution in [0.3, 0.4) is 0 Å². The first-order valence-electron chi connectivity index (χ1n) is 19.1. The number of aromatic nitrogens is 6. The van der Waals surface area contributed by atoms with E-state index in [1.165, 1.54) is 36.7 Å². The van der Waals surface area contributed by atoms with Gasteiger partial charge in [0, 0.05) is 67.0 Å². The molecule has 0 saturated heterocycles. The van der Waals surface area contributed by atoms with Crippen molar-refractivity contribution in [1.82, 2.24) is 35.2 Å². The summed E-state index contributed by atoms with van der Waals surface area (Å²) in [4.78, 5) is 54.8. The highest BCUT2D eigenvalue weighted by Gasteiger charge is 2.30. The van der Waals surface area contributed by atoms with Crippen LogP contribution in [-0.4, -0.2) is 73.3 Å². The van der Waals surface area contributed by atoms with E-state index in [0.29, 0.717) is 23.6 Å². The van der Waals surface area contributed by atoms with Gasteiger partial charge in [0.1, 0.15) is 35.0 Å². The zero-order valence-electron chi connectivity index (χ0n) is 34.6. The van der Waals surface area contributed by atoms with Gasteiger partial charge < -0.3 is 15.1 Å². The molecule has 0 spiro atoms. The van der Waals surface area contributed by atoms with Crippen LogP contribution in [0, 0.1) is 24.0 Å². The zero-order valence-corrected chi connectivity index (χ0v) is 35.4. The molecular weight excluding hydrogens is 736 g/mol. The summed E-state index contributed by atoms with van der Waals surface area (Å²) in [6, 6.07) is 4.75. The van der Waals surface area contributed by atoms with Gasteiger partial charge in [0.05, 0.1) is 11.7 Å². The molecule has 2 atom stereocenters. The molecule has 0 bridgehead atoms. The summed E-state index contributed by atoms with van der Waals surface area (Å²) in [5.74, 6) is 1.51. The van der Waals surface area contributed by atoms with Crippen molar-refractivity contribution in [2.75, 3.05) is 23.9 Å². The smallest absolute Gasteiger partial charge is 0.242 e. The van der Waals surface area contributed by atoms with E-state index in [1.54, 1.807) is 6.92 Å². The number of rotatable bonds is 8. The normalized spacial score (nSPS) is 14.2. The van der Waals surface area contributed by atoms with E-state index < -0.39 is 0 Å². The van der Waals surface area contributed by atoms with Crippen molar-refractivity contribution >= 4 is 34.9 Å². The lowest BCUT2D eigenvalue weighted by molar-refractivity contribution is -0.123. The molecule has 14 heteroatoms. The molecule has 2 aliphatic rings. The molecule has 4 aromatic heterocycles. The summed E-state index contributed by atoms with van der Waals surface area (Å²) in [6.45, 7) is 17.6. The van der Waals surface area contributed by atoms with E-state index >= 15 is 0 Å². The minimum Gasteiger partial charge on any atom is -0.350 e.